The van der Waals surface area contributed by atoms with E-state index in [1.807, 2.05) is 30.3 Å². The lowest BCUT2D eigenvalue weighted by Crippen LogP contribution is -2.38. The molecular weight excluding hydrogens is 378 g/mol. The third kappa shape index (κ3) is 3.12. The lowest BCUT2D eigenvalue weighted by Gasteiger charge is -2.38. The molecule has 4 aliphatic rings. The zero-order chi connectivity index (χ0) is 20.7. The molecule has 1 aromatic heterocycles. The molecule has 5 atom stereocenters. The molecule has 152 valence electrons. The second-order valence-corrected chi connectivity index (χ2v) is 8.28. The normalized spacial score (nSPS) is 27.8. The second-order valence-electron chi connectivity index (χ2n) is 8.28. The fourth-order valence-electron chi connectivity index (χ4n) is 5.24. The molecule has 6 rings (SSSR count). The predicted molar refractivity (Wildman–Crippen MR) is 111 cm³/mol. The summed E-state index contributed by atoms with van der Waals surface area (Å²) in [5.74, 6) is -0.423. The fourth-order valence-corrected chi connectivity index (χ4v) is 5.24. The molecule has 2 aromatic rings. The molecule has 1 aliphatic heterocycles. The van der Waals surface area contributed by atoms with Gasteiger partial charge in [0.25, 0.3) is 0 Å². The van der Waals surface area contributed by atoms with Gasteiger partial charge in [0.05, 0.1) is 24.3 Å². The molecule has 1 N–H and O–H groups in total. The third-order valence-electron chi connectivity index (χ3n) is 6.60. The number of amides is 3. The van der Waals surface area contributed by atoms with Gasteiger partial charge in [0.1, 0.15) is 5.82 Å². The number of anilines is 1. The number of nitrogens with one attached hydrogen (secondary N) is 1. The molecule has 0 radical (unpaired) electrons. The average Bonchev–Trinajstić information content (AvgIpc) is 3.07. The molecule has 1 saturated carbocycles. The molecule has 6 heteroatoms. The van der Waals surface area contributed by atoms with Gasteiger partial charge in [0.15, 0.2) is 0 Å². The van der Waals surface area contributed by atoms with Crippen LogP contribution < -0.4 is 5.32 Å². The van der Waals surface area contributed by atoms with E-state index in [0.29, 0.717) is 5.82 Å². The summed E-state index contributed by atoms with van der Waals surface area (Å²) in [7, 11) is 0. The van der Waals surface area contributed by atoms with Crippen molar-refractivity contribution in [1.82, 2.24) is 9.88 Å². The summed E-state index contributed by atoms with van der Waals surface area (Å²) in [4.78, 5) is 45.2. The highest BCUT2D eigenvalue weighted by Gasteiger charge is 2.58. The Kier molecular flexibility index (Phi) is 4.69. The quantitative estimate of drug-likeness (QED) is 0.616. The Morgan fingerprint density at radius 3 is 2.17 bits per heavy atom. The number of pyridine rings is 1. The molecule has 2 fully saturated rings. The SMILES string of the molecule is O=C(CC(c1ccccc1)N1C(=O)C2C3C=CC(CC3)C2C1=O)Nc1ccccn1. The van der Waals surface area contributed by atoms with Crippen molar-refractivity contribution in [2.75, 3.05) is 5.32 Å². The van der Waals surface area contributed by atoms with Crippen LogP contribution in [-0.2, 0) is 14.4 Å². The Balaban J connectivity index is 1.45. The molecule has 30 heavy (non-hydrogen) atoms. The van der Waals surface area contributed by atoms with Gasteiger partial charge >= 0.3 is 0 Å². The monoisotopic (exact) mass is 401 g/mol. The third-order valence-corrected chi connectivity index (χ3v) is 6.60. The maximum Gasteiger partial charge on any atom is 0.234 e. The molecular formula is C24H23N3O3. The number of carbonyl (C=O) groups is 3. The maximum atomic E-state index is 13.4. The van der Waals surface area contributed by atoms with E-state index >= 15 is 0 Å². The van der Waals surface area contributed by atoms with Crippen LogP contribution in [-0.4, -0.2) is 27.6 Å². The molecule has 1 saturated heterocycles. The lowest BCUT2D eigenvalue weighted by atomic mass is 9.63. The minimum absolute atomic E-state index is 0.000267. The van der Waals surface area contributed by atoms with E-state index in [2.05, 4.69) is 22.5 Å². The van der Waals surface area contributed by atoms with Crippen molar-refractivity contribution < 1.29 is 14.4 Å². The minimum atomic E-state index is -0.625. The number of rotatable bonds is 5. The Morgan fingerprint density at radius 1 is 0.967 bits per heavy atom. The summed E-state index contributed by atoms with van der Waals surface area (Å²) in [6, 6.07) is 14.0. The number of nitrogens with zero attached hydrogens (tertiary/aromatic N) is 2. The Bertz CT molecular complexity index is 973. The van der Waals surface area contributed by atoms with Gasteiger partial charge in [-0.1, -0.05) is 48.6 Å². The molecule has 2 bridgehead atoms. The van der Waals surface area contributed by atoms with Crippen molar-refractivity contribution in [3.63, 3.8) is 0 Å². The van der Waals surface area contributed by atoms with Crippen LogP contribution in [0.4, 0.5) is 5.82 Å². The van der Waals surface area contributed by atoms with E-state index in [0.717, 1.165) is 18.4 Å². The Hall–Kier alpha value is -3.28. The van der Waals surface area contributed by atoms with Crippen molar-refractivity contribution in [2.45, 2.75) is 25.3 Å². The minimum Gasteiger partial charge on any atom is -0.311 e. The molecule has 0 spiro atoms. The highest BCUT2D eigenvalue weighted by molar-refractivity contribution is 6.07. The standard InChI is InChI=1S/C24H23N3O3/c28-20(26-19-8-4-5-13-25-19)14-18(15-6-2-1-3-7-15)27-23(29)21-16-9-10-17(12-11-16)22(21)24(27)30/h1-10,13,16-18,21-22H,11-12,14H2,(H,25,26,28). The van der Waals surface area contributed by atoms with E-state index in [9.17, 15) is 14.4 Å². The number of aromatic nitrogens is 1. The van der Waals surface area contributed by atoms with E-state index in [1.165, 1.54) is 4.90 Å². The van der Waals surface area contributed by atoms with Crippen LogP contribution in [0.5, 0.6) is 0 Å². The van der Waals surface area contributed by atoms with Crippen LogP contribution in [0.3, 0.4) is 0 Å². The zero-order valence-electron chi connectivity index (χ0n) is 16.5. The summed E-state index contributed by atoms with van der Waals surface area (Å²) >= 11 is 0. The first kappa shape index (κ1) is 18.7. The first-order chi connectivity index (χ1) is 14.6. The number of allylic oxidation sites excluding steroid dienone is 2. The van der Waals surface area contributed by atoms with Crippen LogP contribution in [0, 0.1) is 23.7 Å². The number of likely N-dealkylation sites (tertiary alicyclic amines) is 1. The molecule has 6 nitrogen and oxygen atoms in total. The van der Waals surface area contributed by atoms with Crippen molar-refractivity contribution in [3.8, 4) is 0 Å². The number of hydrogen-bond donors (Lipinski definition) is 1. The van der Waals surface area contributed by atoms with E-state index in [4.69, 9.17) is 0 Å². The van der Waals surface area contributed by atoms with E-state index in [-0.39, 0.29) is 47.8 Å². The Labute approximate surface area is 175 Å². The smallest absolute Gasteiger partial charge is 0.234 e. The summed E-state index contributed by atoms with van der Waals surface area (Å²) in [5, 5.41) is 2.78. The van der Waals surface area contributed by atoms with Crippen LogP contribution in [0.2, 0.25) is 0 Å². The number of carbonyl (C=O) groups excluding carboxylic acids is 3. The molecule has 2 heterocycles. The van der Waals surface area contributed by atoms with Gasteiger partial charge < -0.3 is 5.32 Å². The summed E-state index contributed by atoms with van der Waals surface area (Å²) in [6.45, 7) is 0. The first-order valence-corrected chi connectivity index (χ1v) is 10.4. The largest absolute Gasteiger partial charge is 0.311 e. The molecule has 5 unspecified atom stereocenters. The van der Waals surface area contributed by atoms with Crippen LogP contribution in [0.15, 0.2) is 66.9 Å². The van der Waals surface area contributed by atoms with Gasteiger partial charge in [0, 0.05) is 6.20 Å². The molecule has 1 aromatic carbocycles. The van der Waals surface area contributed by atoms with Crippen LogP contribution in [0.1, 0.15) is 30.9 Å². The van der Waals surface area contributed by atoms with Crippen molar-refractivity contribution >= 4 is 23.5 Å². The fraction of sp³-hybridized carbons (Fsp3) is 0.333. The predicted octanol–water partition coefficient (Wildman–Crippen LogP) is 3.35. The first-order valence-electron chi connectivity index (χ1n) is 10.4. The van der Waals surface area contributed by atoms with Gasteiger partial charge in [-0.15, -0.1) is 0 Å². The molecule has 3 amide bonds. The van der Waals surface area contributed by atoms with Crippen molar-refractivity contribution in [3.05, 3.63) is 72.4 Å². The molecule has 3 aliphatic carbocycles. The number of fused-ring (bicyclic) bond motifs is 1. The summed E-state index contributed by atoms with van der Waals surface area (Å²) in [5.41, 5.74) is 0.786. The van der Waals surface area contributed by atoms with Gasteiger partial charge in [0.2, 0.25) is 17.7 Å². The van der Waals surface area contributed by atoms with Crippen molar-refractivity contribution in [2.24, 2.45) is 23.7 Å². The van der Waals surface area contributed by atoms with Gasteiger partial charge in [-0.2, -0.15) is 0 Å². The van der Waals surface area contributed by atoms with E-state index < -0.39 is 6.04 Å². The van der Waals surface area contributed by atoms with Crippen LogP contribution in [0.25, 0.3) is 0 Å². The van der Waals surface area contributed by atoms with E-state index in [1.54, 1.807) is 24.4 Å². The highest BCUT2D eigenvalue weighted by atomic mass is 16.2. The summed E-state index contributed by atoms with van der Waals surface area (Å²) < 4.78 is 0. The van der Waals surface area contributed by atoms with Gasteiger partial charge in [-0.05, 0) is 42.4 Å². The number of hydrogen-bond acceptors (Lipinski definition) is 4. The van der Waals surface area contributed by atoms with Gasteiger partial charge in [-0.25, -0.2) is 4.98 Å². The maximum absolute atomic E-state index is 13.4. The second kappa shape index (κ2) is 7.52. The van der Waals surface area contributed by atoms with Crippen LogP contribution >= 0.6 is 0 Å². The zero-order valence-corrected chi connectivity index (χ0v) is 16.5. The lowest BCUT2D eigenvalue weighted by molar-refractivity contribution is -0.143. The van der Waals surface area contributed by atoms with Crippen molar-refractivity contribution in [1.29, 1.82) is 0 Å². The highest BCUT2D eigenvalue weighted by Crippen LogP contribution is 2.51. The average molecular weight is 401 g/mol. The topological polar surface area (TPSA) is 79.4 Å². The number of imide groups is 1. The van der Waals surface area contributed by atoms with Gasteiger partial charge in [-0.3, -0.25) is 19.3 Å². The summed E-state index contributed by atoms with van der Waals surface area (Å²) in [6.07, 6.45) is 7.72. The number of benzene rings is 1. The Morgan fingerprint density at radius 2 is 1.60 bits per heavy atom.